The number of aliphatic imine (C=N–C) groups is 1. The second-order valence-corrected chi connectivity index (χ2v) is 9.42. The first-order chi connectivity index (χ1) is 14.9. The molecule has 1 aliphatic heterocycles. The van der Waals surface area contributed by atoms with Gasteiger partial charge in [-0.3, -0.25) is 4.90 Å². The maximum Gasteiger partial charge on any atom is 0.238 e. The second kappa shape index (κ2) is 11.3. The molecule has 168 valence electrons. The van der Waals surface area contributed by atoms with Crippen LogP contribution in [0.4, 0.5) is 0 Å². The molecule has 1 heterocycles. The number of guanidine groups is 1. The normalized spacial score (nSPS) is 15.2. The molecule has 0 radical (unpaired) electrons. The third kappa shape index (κ3) is 7.65. The first-order valence-corrected chi connectivity index (χ1v) is 12.4. The summed E-state index contributed by atoms with van der Waals surface area (Å²) < 4.78 is 22.7. The summed E-state index contributed by atoms with van der Waals surface area (Å²) in [5.41, 5.74) is 3.57. The van der Waals surface area contributed by atoms with Crippen LogP contribution in [0.15, 0.2) is 58.4 Å². The molecule has 8 heteroatoms. The van der Waals surface area contributed by atoms with Gasteiger partial charge in [-0.1, -0.05) is 36.4 Å². The van der Waals surface area contributed by atoms with Crippen molar-refractivity contribution < 1.29 is 8.42 Å². The quantitative estimate of drug-likeness (QED) is 0.408. The van der Waals surface area contributed by atoms with E-state index in [1.807, 2.05) is 6.92 Å². The van der Waals surface area contributed by atoms with Gasteiger partial charge in [-0.2, -0.15) is 0 Å². The zero-order valence-electron chi connectivity index (χ0n) is 18.2. The van der Waals surface area contributed by atoms with E-state index in [1.54, 1.807) is 12.1 Å². The van der Waals surface area contributed by atoms with E-state index in [4.69, 9.17) is 5.14 Å². The molecule has 0 aromatic heterocycles. The standard InChI is InChI=1S/C23H33N5O2S/c1-2-25-23(26-14-13-19-9-11-22(12-10-19)31(24,29)30)27-17-20-5-7-21(8-6-20)18-28-15-3-4-16-28/h5-12H,2-4,13-18H2,1H3,(H2,24,29,30)(H2,25,26,27). The molecule has 2 aromatic carbocycles. The van der Waals surface area contributed by atoms with E-state index < -0.39 is 10.0 Å². The molecule has 1 saturated heterocycles. The van der Waals surface area contributed by atoms with Crippen LogP contribution in [0.3, 0.4) is 0 Å². The van der Waals surface area contributed by atoms with E-state index >= 15 is 0 Å². The van der Waals surface area contributed by atoms with Crippen molar-refractivity contribution in [3.8, 4) is 0 Å². The van der Waals surface area contributed by atoms with Gasteiger partial charge in [0.05, 0.1) is 11.4 Å². The van der Waals surface area contributed by atoms with E-state index in [0.717, 1.165) is 31.0 Å². The van der Waals surface area contributed by atoms with Crippen LogP contribution in [0.1, 0.15) is 36.5 Å². The molecule has 0 aliphatic carbocycles. The van der Waals surface area contributed by atoms with Crippen molar-refractivity contribution >= 4 is 16.0 Å². The number of nitrogens with zero attached hydrogens (tertiary/aromatic N) is 2. The third-order valence-corrected chi connectivity index (χ3v) is 6.28. The van der Waals surface area contributed by atoms with Crippen molar-refractivity contribution in [2.45, 2.75) is 44.2 Å². The van der Waals surface area contributed by atoms with Crippen molar-refractivity contribution in [1.82, 2.24) is 15.5 Å². The van der Waals surface area contributed by atoms with Crippen LogP contribution in [0.5, 0.6) is 0 Å². The number of rotatable bonds is 9. The lowest BCUT2D eigenvalue weighted by atomic mass is 10.1. The molecular formula is C23H33N5O2S. The van der Waals surface area contributed by atoms with Gasteiger partial charge in [-0.15, -0.1) is 0 Å². The lowest BCUT2D eigenvalue weighted by Crippen LogP contribution is -2.38. The number of nitrogens with one attached hydrogen (secondary N) is 2. The molecule has 31 heavy (non-hydrogen) atoms. The fourth-order valence-corrected chi connectivity index (χ4v) is 4.15. The monoisotopic (exact) mass is 443 g/mol. The minimum atomic E-state index is -3.65. The Labute approximate surface area is 185 Å². The second-order valence-electron chi connectivity index (χ2n) is 7.86. The van der Waals surface area contributed by atoms with Gasteiger partial charge in [0.25, 0.3) is 0 Å². The number of benzene rings is 2. The van der Waals surface area contributed by atoms with Crippen LogP contribution in [0, 0.1) is 0 Å². The maximum atomic E-state index is 11.3. The van der Waals surface area contributed by atoms with Gasteiger partial charge in [-0.05, 0) is 68.1 Å². The Morgan fingerprint density at radius 1 is 0.968 bits per heavy atom. The van der Waals surface area contributed by atoms with Gasteiger partial charge in [0.15, 0.2) is 5.96 Å². The summed E-state index contributed by atoms with van der Waals surface area (Å²) in [6.07, 6.45) is 3.38. The Hall–Kier alpha value is -2.42. The average Bonchev–Trinajstić information content (AvgIpc) is 3.26. The number of hydrogen-bond acceptors (Lipinski definition) is 4. The van der Waals surface area contributed by atoms with Crippen molar-refractivity contribution in [1.29, 1.82) is 0 Å². The summed E-state index contributed by atoms with van der Waals surface area (Å²) in [6.45, 7) is 7.57. The van der Waals surface area contributed by atoms with E-state index in [0.29, 0.717) is 13.1 Å². The number of hydrogen-bond donors (Lipinski definition) is 3. The van der Waals surface area contributed by atoms with Gasteiger partial charge in [0.1, 0.15) is 0 Å². The van der Waals surface area contributed by atoms with Gasteiger partial charge in [-0.25, -0.2) is 18.5 Å². The van der Waals surface area contributed by atoms with E-state index in [9.17, 15) is 8.42 Å². The highest BCUT2D eigenvalue weighted by molar-refractivity contribution is 7.89. The first kappa shape index (κ1) is 23.2. The molecule has 0 saturated carbocycles. The molecule has 0 amide bonds. The molecular weight excluding hydrogens is 410 g/mol. The molecule has 4 N–H and O–H groups in total. The molecule has 0 unspecified atom stereocenters. The Morgan fingerprint density at radius 2 is 1.58 bits per heavy atom. The highest BCUT2D eigenvalue weighted by Crippen LogP contribution is 2.14. The topological polar surface area (TPSA) is 99.8 Å². The molecule has 0 atom stereocenters. The Kier molecular flexibility index (Phi) is 8.45. The summed E-state index contributed by atoms with van der Waals surface area (Å²) in [5.74, 6) is 0.768. The number of primary sulfonamides is 1. The highest BCUT2D eigenvalue weighted by atomic mass is 32.2. The van der Waals surface area contributed by atoms with Crippen molar-refractivity contribution in [2.75, 3.05) is 26.2 Å². The average molecular weight is 444 g/mol. The fraction of sp³-hybridized carbons (Fsp3) is 0.435. The van der Waals surface area contributed by atoms with Gasteiger partial charge in [0, 0.05) is 19.6 Å². The van der Waals surface area contributed by atoms with E-state index in [1.165, 1.54) is 49.2 Å². The molecule has 2 aromatic rings. The molecule has 7 nitrogen and oxygen atoms in total. The highest BCUT2D eigenvalue weighted by Gasteiger charge is 2.11. The molecule has 3 rings (SSSR count). The molecule has 0 bridgehead atoms. The van der Waals surface area contributed by atoms with Crippen molar-refractivity contribution in [3.63, 3.8) is 0 Å². The number of nitrogens with two attached hydrogens (primary N) is 1. The maximum absolute atomic E-state index is 11.3. The molecule has 1 fully saturated rings. The predicted molar refractivity (Wildman–Crippen MR) is 125 cm³/mol. The summed E-state index contributed by atoms with van der Waals surface area (Å²) in [7, 11) is -3.65. The Bertz CT molecular complexity index is 950. The molecule has 0 spiro atoms. The van der Waals surface area contributed by atoms with Gasteiger partial charge < -0.3 is 10.6 Å². The van der Waals surface area contributed by atoms with Gasteiger partial charge >= 0.3 is 0 Å². The number of likely N-dealkylation sites (tertiary alicyclic amines) is 1. The van der Waals surface area contributed by atoms with Crippen LogP contribution >= 0.6 is 0 Å². The van der Waals surface area contributed by atoms with Crippen LogP contribution in [0.2, 0.25) is 0 Å². The lowest BCUT2D eigenvalue weighted by molar-refractivity contribution is 0.331. The van der Waals surface area contributed by atoms with Crippen LogP contribution in [-0.2, 0) is 29.5 Å². The summed E-state index contributed by atoms with van der Waals surface area (Å²) in [5, 5.41) is 11.7. The fourth-order valence-electron chi connectivity index (χ4n) is 3.63. The molecule has 1 aliphatic rings. The van der Waals surface area contributed by atoms with Gasteiger partial charge in [0.2, 0.25) is 10.0 Å². The summed E-state index contributed by atoms with van der Waals surface area (Å²) in [4.78, 5) is 7.32. The van der Waals surface area contributed by atoms with E-state index in [-0.39, 0.29) is 4.90 Å². The zero-order chi connectivity index (χ0) is 22.1. The SMILES string of the molecule is CCNC(=NCc1ccc(CN2CCCC2)cc1)NCCc1ccc(S(N)(=O)=O)cc1. The third-order valence-electron chi connectivity index (χ3n) is 5.35. The summed E-state index contributed by atoms with van der Waals surface area (Å²) >= 11 is 0. The minimum absolute atomic E-state index is 0.130. The van der Waals surface area contributed by atoms with Crippen molar-refractivity contribution in [3.05, 3.63) is 65.2 Å². The Morgan fingerprint density at radius 3 is 2.19 bits per heavy atom. The van der Waals surface area contributed by atoms with Crippen LogP contribution < -0.4 is 15.8 Å². The van der Waals surface area contributed by atoms with E-state index in [2.05, 4.69) is 44.8 Å². The lowest BCUT2D eigenvalue weighted by Gasteiger charge is -2.14. The smallest absolute Gasteiger partial charge is 0.238 e. The minimum Gasteiger partial charge on any atom is -0.357 e. The van der Waals surface area contributed by atoms with Crippen LogP contribution in [-0.4, -0.2) is 45.5 Å². The Balaban J connectivity index is 1.49. The van der Waals surface area contributed by atoms with Crippen LogP contribution in [0.25, 0.3) is 0 Å². The summed E-state index contributed by atoms with van der Waals surface area (Å²) in [6, 6.07) is 15.4. The van der Waals surface area contributed by atoms with Crippen molar-refractivity contribution in [2.24, 2.45) is 10.1 Å². The largest absolute Gasteiger partial charge is 0.357 e. The predicted octanol–water partition coefficient (Wildman–Crippen LogP) is 2.23. The number of sulfonamides is 1. The zero-order valence-corrected chi connectivity index (χ0v) is 19.0. The first-order valence-electron chi connectivity index (χ1n) is 10.9.